The van der Waals surface area contributed by atoms with E-state index in [1.807, 2.05) is 13.8 Å². The molecule has 2 aliphatic rings. The molecule has 1 aromatic rings. The first kappa shape index (κ1) is 17.1. The van der Waals surface area contributed by atoms with Crippen molar-refractivity contribution in [2.45, 2.75) is 38.6 Å². The number of aryl methyl sites for hydroxylation is 1. The Hall–Kier alpha value is -1.72. The minimum Gasteiger partial charge on any atom is -0.346 e. The molecule has 1 N–H and O–H groups in total. The smallest absolute Gasteiger partial charge is 0.235 e. The highest BCUT2D eigenvalue weighted by molar-refractivity contribution is 7.09. The molecule has 1 saturated heterocycles. The first-order valence-electron chi connectivity index (χ1n) is 8.50. The Balaban J connectivity index is 1.51. The van der Waals surface area contributed by atoms with Crippen LogP contribution in [0.1, 0.15) is 32.0 Å². The number of rotatable bonds is 5. The molecule has 1 aromatic heterocycles. The van der Waals surface area contributed by atoms with Crippen LogP contribution in [-0.2, 0) is 4.79 Å². The summed E-state index contributed by atoms with van der Waals surface area (Å²) in [7, 11) is 0. The topological polar surface area (TPSA) is 85.2 Å². The summed E-state index contributed by atoms with van der Waals surface area (Å²) >= 11 is 1.43. The second-order valence-corrected chi connectivity index (χ2v) is 7.61. The van der Waals surface area contributed by atoms with Gasteiger partial charge in [-0.15, -0.1) is 0 Å². The third-order valence-electron chi connectivity index (χ3n) is 4.77. The summed E-state index contributed by atoms with van der Waals surface area (Å²) in [6.07, 6.45) is 3.05. The minimum absolute atomic E-state index is 0.0499. The number of carbonyl (C=O) groups excluding carboxylic acids is 1. The fraction of sp³-hybridized carbons (Fsp3) is 0.750. The van der Waals surface area contributed by atoms with Crippen molar-refractivity contribution in [3.63, 3.8) is 0 Å². The quantitative estimate of drug-likeness (QED) is 0.860. The van der Waals surface area contributed by atoms with Crippen molar-refractivity contribution in [2.75, 3.05) is 37.6 Å². The lowest BCUT2D eigenvalue weighted by Gasteiger charge is -2.26. The van der Waals surface area contributed by atoms with E-state index in [2.05, 4.69) is 30.5 Å². The van der Waals surface area contributed by atoms with Crippen molar-refractivity contribution in [1.29, 1.82) is 5.26 Å². The van der Waals surface area contributed by atoms with Gasteiger partial charge in [-0.05, 0) is 39.0 Å². The molecule has 2 fully saturated rings. The lowest BCUT2D eigenvalue weighted by Crippen LogP contribution is -2.50. The first-order chi connectivity index (χ1) is 11.5. The van der Waals surface area contributed by atoms with Crippen LogP contribution in [0.2, 0.25) is 0 Å². The molecule has 7 nitrogen and oxygen atoms in total. The molecule has 0 aromatic carbocycles. The number of nitriles is 1. The van der Waals surface area contributed by atoms with Crippen molar-refractivity contribution in [2.24, 2.45) is 5.92 Å². The molecule has 0 bridgehead atoms. The zero-order chi connectivity index (χ0) is 17.2. The summed E-state index contributed by atoms with van der Waals surface area (Å²) < 4.78 is 4.24. The van der Waals surface area contributed by atoms with Gasteiger partial charge < -0.3 is 10.2 Å². The van der Waals surface area contributed by atoms with Crippen LogP contribution in [-0.4, -0.2) is 58.4 Å². The molecular formula is C16H24N6OS. The van der Waals surface area contributed by atoms with Crippen LogP contribution >= 0.6 is 11.5 Å². The molecule has 0 radical (unpaired) electrons. The van der Waals surface area contributed by atoms with E-state index in [-0.39, 0.29) is 5.91 Å². The molecular weight excluding hydrogens is 324 g/mol. The Labute approximate surface area is 146 Å². The van der Waals surface area contributed by atoms with Crippen molar-refractivity contribution in [3.05, 3.63) is 5.82 Å². The zero-order valence-corrected chi connectivity index (χ0v) is 15.1. The molecule has 2 heterocycles. The van der Waals surface area contributed by atoms with E-state index in [4.69, 9.17) is 0 Å². The van der Waals surface area contributed by atoms with Crippen LogP contribution in [0.3, 0.4) is 0 Å². The van der Waals surface area contributed by atoms with Gasteiger partial charge in [-0.25, -0.2) is 4.98 Å². The first-order valence-corrected chi connectivity index (χ1v) is 9.27. The number of nitrogens with zero attached hydrogens (tertiary/aromatic N) is 5. The van der Waals surface area contributed by atoms with Crippen molar-refractivity contribution >= 4 is 22.6 Å². The summed E-state index contributed by atoms with van der Waals surface area (Å²) in [4.78, 5) is 21.2. The van der Waals surface area contributed by atoms with E-state index in [9.17, 15) is 10.1 Å². The normalized spacial score (nSPS) is 21.6. The fourth-order valence-electron chi connectivity index (χ4n) is 3.15. The molecule has 3 rings (SSSR count). The van der Waals surface area contributed by atoms with Crippen LogP contribution in [0.25, 0.3) is 0 Å². The highest BCUT2D eigenvalue weighted by Crippen LogP contribution is 2.39. The van der Waals surface area contributed by atoms with Gasteiger partial charge in [-0.3, -0.25) is 9.69 Å². The van der Waals surface area contributed by atoms with Gasteiger partial charge in [0.15, 0.2) is 0 Å². The van der Waals surface area contributed by atoms with Crippen molar-refractivity contribution < 1.29 is 4.79 Å². The van der Waals surface area contributed by atoms with E-state index in [0.29, 0.717) is 12.5 Å². The van der Waals surface area contributed by atoms with Crippen LogP contribution in [0, 0.1) is 24.2 Å². The maximum absolute atomic E-state index is 12.3. The molecule has 24 heavy (non-hydrogen) atoms. The SMILES string of the molecule is Cc1nsc(N2CCCN(CC(=O)N[C@](C)(C#N)C3CC3)CC2)n1. The summed E-state index contributed by atoms with van der Waals surface area (Å²) in [6, 6.07) is 2.28. The third-order valence-corrected chi connectivity index (χ3v) is 5.64. The average Bonchev–Trinajstić information content (AvgIpc) is 3.35. The fourth-order valence-corrected chi connectivity index (χ4v) is 3.87. The van der Waals surface area contributed by atoms with Gasteiger partial charge in [0.2, 0.25) is 11.0 Å². The maximum Gasteiger partial charge on any atom is 0.235 e. The Kier molecular flexibility index (Phi) is 5.01. The zero-order valence-electron chi connectivity index (χ0n) is 14.3. The number of nitrogens with one attached hydrogen (secondary N) is 1. The van der Waals surface area contributed by atoms with Crippen LogP contribution in [0.5, 0.6) is 0 Å². The number of amides is 1. The number of aromatic nitrogens is 2. The Morgan fingerprint density at radius 3 is 2.83 bits per heavy atom. The second kappa shape index (κ2) is 7.03. The Morgan fingerprint density at radius 1 is 1.42 bits per heavy atom. The van der Waals surface area contributed by atoms with Crippen LogP contribution < -0.4 is 10.2 Å². The molecule has 1 aliphatic heterocycles. The van der Waals surface area contributed by atoms with Gasteiger partial charge in [0, 0.05) is 37.7 Å². The molecule has 1 amide bonds. The number of anilines is 1. The molecule has 1 aliphatic carbocycles. The van der Waals surface area contributed by atoms with Crippen molar-refractivity contribution in [3.8, 4) is 6.07 Å². The predicted molar refractivity (Wildman–Crippen MR) is 92.8 cm³/mol. The molecule has 130 valence electrons. The van der Waals surface area contributed by atoms with E-state index in [1.165, 1.54) is 11.5 Å². The third kappa shape index (κ3) is 4.02. The summed E-state index contributed by atoms with van der Waals surface area (Å²) in [5.74, 6) is 1.07. The lowest BCUT2D eigenvalue weighted by atomic mass is 9.98. The highest BCUT2D eigenvalue weighted by atomic mass is 32.1. The maximum atomic E-state index is 12.3. The Morgan fingerprint density at radius 2 is 2.21 bits per heavy atom. The monoisotopic (exact) mass is 348 g/mol. The summed E-state index contributed by atoms with van der Waals surface area (Å²) in [5.41, 5.74) is -0.709. The summed E-state index contributed by atoms with van der Waals surface area (Å²) in [6.45, 7) is 7.58. The van der Waals surface area contributed by atoms with E-state index >= 15 is 0 Å². The molecule has 0 unspecified atom stereocenters. The van der Waals surface area contributed by atoms with Gasteiger partial charge in [0.05, 0.1) is 12.6 Å². The Bertz CT molecular complexity index is 637. The van der Waals surface area contributed by atoms with Gasteiger partial charge in [-0.2, -0.15) is 9.64 Å². The predicted octanol–water partition coefficient (Wildman–Crippen LogP) is 1.17. The molecule has 1 saturated carbocycles. The molecule has 1 atom stereocenters. The van der Waals surface area contributed by atoms with E-state index < -0.39 is 5.54 Å². The van der Waals surface area contributed by atoms with Crippen LogP contribution in [0.4, 0.5) is 5.13 Å². The van der Waals surface area contributed by atoms with Gasteiger partial charge in [0.25, 0.3) is 0 Å². The number of hydrogen-bond donors (Lipinski definition) is 1. The minimum atomic E-state index is -0.709. The highest BCUT2D eigenvalue weighted by Gasteiger charge is 2.43. The van der Waals surface area contributed by atoms with Gasteiger partial charge >= 0.3 is 0 Å². The lowest BCUT2D eigenvalue weighted by molar-refractivity contribution is -0.123. The second-order valence-electron chi connectivity index (χ2n) is 6.88. The molecule has 8 heteroatoms. The largest absolute Gasteiger partial charge is 0.346 e. The van der Waals surface area contributed by atoms with Gasteiger partial charge in [-0.1, -0.05) is 0 Å². The van der Waals surface area contributed by atoms with E-state index in [0.717, 1.165) is 56.4 Å². The van der Waals surface area contributed by atoms with E-state index in [1.54, 1.807) is 0 Å². The molecule has 0 spiro atoms. The standard InChI is InChI=1S/C16H24N6OS/c1-12-18-15(24-20-12)22-7-3-6-21(8-9-22)10-14(23)19-16(2,11-17)13-4-5-13/h13H,3-10H2,1-2H3,(H,19,23)/t16-/m1/s1. The van der Waals surface area contributed by atoms with Gasteiger partial charge in [0.1, 0.15) is 11.4 Å². The average molecular weight is 348 g/mol. The summed E-state index contributed by atoms with van der Waals surface area (Å²) in [5, 5.41) is 13.3. The number of hydrogen-bond acceptors (Lipinski definition) is 7. The van der Waals surface area contributed by atoms with Crippen molar-refractivity contribution in [1.82, 2.24) is 19.6 Å². The van der Waals surface area contributed by atoms with Crippen LogP contribution in [0.15, 0.2) is 0 Å². The number of carbonyl (C=O) groups is 1.